The predicted octanol–water partition coefficient (Wildman–Crippen LogP) is 7.37. The first-order valence-electron chi connectivity index (χ1n) is 14.4. The van der Waals surface area contributed by atoms with Gasteiger partial charge in [0.25, 0.3) is 0 Å². The molecule has 0 saturated carbocycles. The molecule has 8 nitrogen and oxygen atoms in total. The smallest absolute Gasteiger partial charge is 0.406 e. The Morgan fingerprint density at radius 2 is 1.76 bits per heavy atom. The summed E-state index contributed by atoms with van der Waals surface area (Å²) in [5, 5.41) is 19.2. The normalized spacial score (nSPS) is 17.4. The second kappa shape index (κ2) is 13.4. The van der Waals surface area contributed by atoms with Crippen molar-refractivity contribution in [3.05, 3.63) is 94.9 Å². The SMILES string of the molecule is C/C(=C\c1ccc(-c2ncn(-c3ccc(OC(F)(F)F)cc3)n2)cc1)NC(O)/N=C1\SCCC(C)N1c1c(C)cc(C)cc1C. The van der Waals surface area contributed by atoms with Crippen LogP contribution in [0.15, 0.2) is 77.7 Å². The minimum atomic E-state index is -4.75. The molecule has 2 atom stereocenters. The molecule has 4 aromatic rings. The quantitative estimate of drug-likeness (QED) is 0.195. The summed E-state index contributed by atoms with van der Waals surface area (Å²) in [6.07, 6.45) is -1.44. The zero-order valence-corrected chi connectivity index (χ0v) is 26.4. The van der Waals surface area contributed by atoms with Crippen molar-refractivity contribution in [2.75, 3.05) is 10.7 Å². The van der Waals surface area contributed by atoms with Crippen LogP contribution in [-0.2, 0) is 0 Å². The van der Waals surface area contributed by atoms with Crippen LogP contribution in [0.25, 0.3) is 23.2 Å². The molecule has 12 heteroatoms. The number of aliphatic hydroxyl groups is 1. The monoisotopic (exact) mass is 636 g/mol. The van der Waals surface area contributed by atoms with E-state index in [0.717, 1.165) is 39.9 Å². The number of nitrogens with zero attached hydrogens (tertiary/aromatic N) is 5. The number of benzene rings is 3. The van der Waals surface area contributed by atoms with E-state index in [9.17, 15) is 18.3 Å². The minimum Gasteiger partial charge on any atom is -0.406 e. The maximum Gasteiger partial charge on any atom is 0.573 e. The molecule has 0 radical (unpaired) electrons. The van der Waals surface area contributed by atoms with Crippen molar-refractivity contribution in [3.8, 4) is 22.8 Å². The van der Waals surface area contributed by atoms with Crippen LogP contribution >= 0.6 is 11.8 Å². The number of hydrogen-bond acceptors (Lipinski definition) is 7. The van der Waals surface area contributed by atoms with Crippen molar-refractivity contribution in [2.24, 2.45) is 4.99 Å². The molecule has 45 heavy (non-hydrogen) atoms. The maximum atomic E-state index is 12.4. The van der Waals surface area contributed by atoms with Crippen LogP contribution in [-0.4, -0.2) is 49.5 Å². The van der Waals surface area contributed by atoms with Gasteiger partial charge in [0, 0.05) is 28.7 Å². The van der Waals surface area contributed by atoms with E-state index in [0.29, 0.717) is 11.5 Å². The van der Waals surface area contributed by atoms with Crippen molar-refractivity contribution in [3.63, 3.8) is 0 Å². The molecule has 0 spiro atoms. The van der Waals surface area contributed by atoms with Gasteiger partial charge in [-0.2, -0.15) is 0 Å². The molecule has 2 N–H and O–H groups in total. The summed E-state index contributed by atoms with van der Waals surface area (Å²) in [5.41, 5.74) is 7.69. The molecule has 0 amide bonds. The molecular weight excluding hydrogens is 601 g/mol. The van der Waals surface area contributed by atoms with Crippen LogP contribution in [0.3, 0.4) is 0 Å². The fraction of sp³-hybridized carbons (Fsp3) is 0.303. The summed E-state index contributed by atoms with van der Waals surface area (Å²) in [6.45, 7) is 10.4. The van der Waals surface area contributed by atoms with Crippen molar-refractivity contribution in [2.45, 2.75) is 59.8 Å². The van der Waals surface area contributed by atoms with Gasteiger partial charge in [-0.05, 0) is 88.1 Å². The lowest BCUT2D eigenvalue weighted by molar-refractivity contribution is -0.274. The summed E-state index contributed by atoms with van der Waals surface area (Å²) < 4.78 is 42.7. The lowest BCUT2D eigenvalue weighted by Crippen LogP contribution is -2.43. The van der Waals surface area contributed by atoms with Gasteiger partial charge in [-0.3, -0.25) is 0 Å². The zero-order valence-electron chi connectivity index (χ0n) is 25.6. The lowest BCUT2D eigenvalue weighted by atomic mass is 10.0. The summed E-state index contributed by atoms with van der Waals surface area (Å²) in [5.74, 6) is 1.09. The molecule has 3 aromatic carbocycles. The highest BCUT2D eigenvalue weighted by atomic mass is 32.2. The topological polar surface area (TPSA) is 87.8 Å². The van der Waals surface area contributed by atoms with Gasteiger partial charge < -0.3 is 20.1 Å². The van der Waals surface area contributed by atoms with Crippen LogP contribution in [0.1, 0.15) is 42.5 Å². The second-order valence-corrected chi connectivity index (χ2v) is 12.1. The van der Waals surface area contributed by atoms with E-state index in [1.54, 1.807) is 11.8 Å². The number of amidine groups is 1. The van der Waals surface area contributed by atoms with Crippen LogP contribution in [0, 0.1) is 20.8 Å². The van der Waals surface area contributed by atoms with Gasteiger partial charge in [-0.15, -0.1) is 18.3 Å². The first-order valence-corrected chi connectivity index (χ1v) is 15.4. The summed E-state index contributed by atoms with van der Waals surface area (Å²) in [6, 6.07) is 17.6. The Hall–Kier alpha value is -4.29. The third-order valence-corrected chi connectivity index (χ3v) is 8.26. The summed E-state index contributed by atoms with van der Waals surface area (Å²) in [4.78, 5) is 11.2. The molecule has 1 saturated heterocycles. The zero-order chi connectivity index (χ0) is 32.3. The number of thioether (sulfide) groups is 1. The fourth-order valence-electron chi connectivity index (χ4n) is 5.36. The van der Waals surface area contributed by atoms with Gasteiger partial charge in [0.15, 0.2) is 11.0 Å². The van der Waals surface area contributed by atoms with Gasteiger partial charge in [-0.1, -0.05) is 53.7 Å². The first-order chi connectivity index (χ1) is 21.4. The van der Waals surface area contributed by atoms with E-state index >= 15 is 0 Å². The third-order valence-electron chi connectivity index (χ3n) is 7.26. The highest BCUT2D eigenvalue weighted by molar-refractivity contribution is 8.14. The van der Waals surface area contributed by atoms with Gasteiger partial charge in [0.2, 0.25) is 6.35 Å². The third kappa shape index (κ3) is 8.06. The molecule has 0 bridgehead atoms. The number of hydrogen-bond donors (Lipinski definition) is 2. The first kappa shape index (κ1) is 32.1. The van der Waals surface area contributed by atoms with E-state index in [-0.39, 0.29) is 11.8 Å². The van der Waals surface area contributed by atoms with E-state index in [4.69, 9.17) is 0 Å². The Bertz CT molecular complexity index is 1680. The van der Waals surface area contributed by atoms with E-state index in [1.165, 1.54) is 52.0 Å². The fourth-order valence-corrected chi connectivity index (χ4v) is 6.58. The van der Waals surface area contributed by atoms with Crippen molar-refractivity contribution < 1.29 is 23.0 Å². The summed E-state index contributed by atoms with van der Waals surface area (Å²) in [7, 11) is 0. The molecule has 1 aromatic heterocycles. The molecule has 236 valence electrons. The number of anilines is 1. The van der Waals surface area contributed by atoms with Crippen molar-refractivity contribution in [1.82, 2.24) is 20.1 Å². The van der Waals surface area contributed by atoms with Crippen molar-refractivity contribution >= 4 is 28.7 Å². The number of aryl methyl sites for hydroxylation is 3. The number of aromatic nitrogens is 3. The average Bonchev–Trinajstić information content (AvgIpc) is 3.44. The van der Waals surface area contributed by atoms with E-state index < -0.39 is 12.7 Å². The van der Waals surface area contributed by atoms with Crippen LogP contribution in [0.5, 0.6) is 5.75 Å². The number of aliphatic hydroxyl groups excluding tert-OH is 1. The molecule has 5 rings (SSSR count). The Kier molecular flexibility index (Phi) is 9.54. The highest BCUT2D eigenvalue weighted by Gasteiger charge is 2.31. The Balaban J connectivity index is 1.25. The van der Waals surface area contributed by atoms with Crippen LogP contribution in [0.2, 0.25) is 0 Å². The van der Waals surface area contributed by atoms with E-state index in [1.807, 2.05) is 37.3 Å². The molecule has 1 aliphatic rings. The molecule has 2 heterocycles. The molecule has 2 unspecified atom stereocenters. The standard InChI is InChI=1S/C33H35F3N6O2S/c1-20-16-21(2)29(22(3)17-20)42-24(5)14-15-45-32(42)39-31(43)38-23(4)18-25-6-8-26(9-7-25)30-37-19-41(40-30)27-10-12-28(13-11-27)44-33(34,35)36/h6-13,16-19,24,31,38,43H,14-15H2,1-5H3/b23-18+,39-32-. The molecule has 1 fully saturated rings. The number of allylic oxidation sites excluding steroid dienone is 1. The molecule has 0 aliphatic carbocycles. The largest absolute Gasteiger partial charge is 0.573 e. The number of alkyl halides is 3. The average molecular weight is 637 g/mol. The number of halogens is 3. The molecular formula is C33H35F3N6O2S. The Labute approximate surface area is 264 Å². The predicted molar refractivity (Wildman–Crippen MR) is 173 cm³/mol. The van der Waals surface area contributed by atoms with Crippen LogP contribution < -0.4 is 15.0 Å². The maximum absolute atomic E-state index is 12.4. The number of rotatable bonds is 8. The minimum absolute atomic E-state index is 0.256. The van der Waals surface area contributed by atoms with Crippen molar-refractivity contribution in [1.29, 1.82) is 0 Å². The highest BCUT2D eigenvalue weighted by Crippen LogP contribution is 2.35. The Morgan fingerprint density at radius 3 is 2.40 bits per heavy atom. The van der Waals surface area contributed by atoms with Gasteiger partial charge in [-0.25, -0.2) is 14.7 Å². The second-order valence-electron chi connectivity index (χ2n) is 11.0. The number of nitrogens with one attached hydrogen (secondary N) is 1. The Morgan fingerprint density at radius 1 is 1.09 bits per heavy atom. The van der Waals surface area contributed by atoms with E-state index in [2.05, 4.69) is 69.9 Å². The van der Waals surface area contributed by atoms with Gasteiger partial charge >= 0.3 is 6.36 Å². The van der Waals surface area contributed by atoms with Gasteiger partial charge in [0.1, 0.15) is 12.1 Å². The number of aliphatic imine (C=N–C) groups is 1. The van der Waals surface area contributed by atoms with Gasteiger partial charge in [0.05, 0.1) is 5.69 Å². The van der Waals surface area contributed by atoms with Crippen LogP contribution in [0.4, 0.5) is 18.9 Å². The summed E-state index contributed by atoms with van der Waals surface area (Å²) >= 11 is 1.65. The molecule has 1 aliphatic heterocycles. The lowest BCUT2D eigenvalue weighted by Gasteiger charge is -2.38. The number of ether oxygens (including phenoxy) is 1.